The summed E-state index contributed by atoms with van der Waals surface area (Å²) in [5.74, 6) is 0.679. The molecule has 116 valence electrons. The number of aromatic hydroxyl groups is 1. The summed E-state index contributed by atoms with van der Waals surface area (Å²) >= 11 is 11.1. The van der Waals surface area contributed by atoms with Crippen LogP contribution in [-0.2, 0) is 0 Å². The van der Waals surface area contributed by atoms with Crippen LogP contribution in [0.4, 0.5) is 0 Å². The molecule has 1 heterocycles. The first-order chi connectivity index (χ1) is 11.0. The first-order valence-electron chi connectivity index (χ1n) is 6.82. The molecular weight excluding hydrogens is 332 g/mol. The van der Waals surface area contributed by atoms with Crippen LogP contribution >= 0.6 is 23.8 Å². The van der Waals surface area contributed by atoms with Gasteiger partial charge in [0.15, 0.2) is 5.82 Å². The van der Waals surface area contributed by atoms with Gasteiger partial charge in [-0.2, -0.15) is 14.9 Å². The second-order valence-corrected chi connectivity index (χ2v) is 5.80. The molecule has 0 unspecified atom stereocenters. The van der Waals surface area contributed by atoms with Crippen molar-refractivity contribution in [1.29, 1.82) is 0 Å². The number of aromatic nitrogens is 3. The number of hydrogen-bond acceptors (Lipinski definition) is 4. The lowest BCUT2D eigenvalue weighted by Gasteiger charge is -2.02. The molecular formula is C16H13ClN4OS. The van der Waals surface area contributed by atoms with Crippen molar-refractivity contribution in [2.45, 2.75) is 6.92 Å². The molecule has 0 spiro atoms. The number of halogens is 1. The van der Waals surface area contributed by atoms with Crippen molar-refractivity contribution in [1.82, 2.24) is 14.9 Å². The Kier molecular flexibility index (Phi) is 4.27. The Morgan fingerprint density at radius 1 is 1.26 bits per heavy atom. The molecule has 2 aromatic carbocycles. The van der Waals surface area contributed by atoms with E-state index < -0.39 is 0 Å². The van der Waals surface area contributed by atoms with Gasteiger partial charge < -0.3 is 5.11 Å². The highest BCUT2D eigenvalue weighted by Gasteiger charge is 2.08. The van der Waals surface area contributed by atoms with Gasteiger partial charge >= 0.3 is 0 Å². The van der Waals surface area contributed by atoms with E-state index in [1.165, 1.54) is 17.0 Å². The SMILES string of the molecule is Cc1ccc(-c2n[nH]c(=S)n2N=Cc2cc(Cl)ccc2O)cc1. The average molecular weight is 345 g/mol. The van der Waals surface area contributed by atoms with Crippen molar-refractivity contribution in [3.05, 3.63) is 63.4 Å². The maximum Gasteiger partial charge on any atom is 0.216 e. The van der Waals surface area contributed by atoms with Crippen molar-refractivity contribution in [2.75, 3.05) is 0 Å². The van der Waals surface area contributed by atoms with Crippen molar-refractivity contribution in [2.24, 2.45) is 5.10 Å². The van der Waals surface area contributed by atoms with Gasteiger partial charge in [0.05, 0.1) is 6.21 Å². The fourth-order valence-electron chi connectivity index (χ4n) is 2.04. The summed E-state index contributed by atoms with van der Waals surface area (Å²) in [6, 6.07) is 12.6. The third-order valence-corrected chi connectivity index (χ3v) is 3.76. The minimum atomic E-state index is 0.0880. The van der Waals surface area contributed by atoms with Gasteiger partial charge in [0.25, 0.3) is 0 Å². The molecule has 0 amide bonds. The second kappa shape index (κ2) is 6.36. The number of aryl methyl sites for hydroxylation is 1. The standard InChI is InChI=1S/C16H13ClN4OS/c1-10-2-4-11(5-3-10)15-19-20-16(23)21(15)18-9-12-8-13(17)6-7-14(12)22/h2-9,22H,1H3,(H,20,23). The molecule has 0 atom stereocenters. The number of hydrogen-bond donors (Lipinski definition) is 2. The zero-order valence-corrected chi connectivity index (χ0v) is 13.8. The first kappa shape index (κ1) is 15.5. The molecule has 0 saturated carbocycles. The lowest BCUT2D eigenvalue weighted by atomic mass is 10.1. The topological polar surface area (TPSA) is 66.2 Å². The number of rotatable bonds is 3. The summed E-state index contributed by atoms with van der Waals surface area (Å²) in [7, 11) is 0. The zero-order valence-electron chi connectivity index (χ0n) is 12.2. The Hall–Kier alpha value is -2.44. The normalized spacial score (nSPS) is 11.2. The van der Waals surface area contributed by atoms with E-state index >= 15 is 0 Å². The van der Waals surface area contributed by atoms with Gasteiger partial charge in [-0.15, -0.1) is 0 Å². The summed E-state index contributed by atoms with van der Waals surface area (Å²) in [5.41, 5.74) is 2.53. The lowest BCUT2D eigenvalue weighted by Crippen LogP contribution is -1.95. The molecule has 7 heteroatoms. The van der Waals surface area contributed by atoms with Crippen LogP contribution in [0.5, 0.6) is 5.75 Å². The molecule has 0 fully saturated rings. The van der Waals surface area contributed by atoms with Crippen LogP contribution in [0.3, 0.4) is 0 Å². The van der Waals surface area contributed by atoms with Crippen molar-refractivity contribution >= 4 is 30.0 Å². The minimum Gasteiger partial charge on any atom is -0.507 e. The second-order valence-electron chi connectivity index (χ2n) is 4.98. The zero-order chi connectivity index (χ0) is 16.4. The Balaban J connectivity index is 2.02. The van der Waals surface area contributed by atoms with Crippen LogP contribution in [0.25, 0.3) is 11.4 Å². The molecule has 2 N–H and O–H groups in total. The number of nitrogens with one attached hydrogen (secondary N) is 1. The minimum absolute atomic E-state index is 0.0880. The van der Waals surface area contributed by atoms with Crippen LogP contribution in [0.15, 0.2) is 47.6 Å². The molecule has 0 aliphatic carbocycles. The van der Waals surface area contributed by atoms with Crippen LogP contribution in [-0.4, -0.2) is 26.2 Å². The highest BCUT2D eigenvalue weighted by atomic mass is 35.5. The first-order valence-corrected chi connectivity index (χ1v) is 7.60. The van der Waals surface area contributed by atoms with Crippen molar-refractivity contribution in [3.63, 3.8) is 0 Å². The summed E-state index contributed by atoms with van der Waals surface area (Å²) in [6.07, 6.45) is 1.49. The van der Waals surface area contributed by atoms with E-state index in [-0.39, 0.29) is 5.75 Å². The van der Waals surface area contributed by atoms with Crippen LogP contribution in [0.2, 0.25) is 5.02 Å². The van der Waals surface area contributed by atoms with Crippen molar-refractivity contribution in [3.8, 4) is 17.1 Å². The molecule has 0 saturated heterocycles. The average Bonchev–Trinajstić information content (AvgIpc) is 2.90. The molecule has 0 aliphatic rings. The number of phenols is 1. The van der Waals surface area contributed by atoms with E-state index in [0.717, 1.165) is 11.1 Å². The molecule has 1 aromatic heterocycles. The number of phenolic OH excluding ortho intramolecular Hbond substituents is 1. The number of aromatic amines is 1. The summed E-state index contributed by atoms with van der Waals surface area (Å²) < 4.78 is 1.86. The summed E-state index contributed by atoms with van der Waals surface area (Å²) in [6.45, 7) is 2.01. The van der Waals surface area contributed by atoms with E-state index in [1.807, 2.05) is 31.2 Å². The van der Waals surface area contributed by atoms with Crippen molar-refractivity contribution < 1.29 is 5.11 Å². The van der Waals surface area contributed by atoms with Crippen LogP contribution in [0.1, 0.15) is 11.1 Å². The quantitative estimate of drug-likeness (QED) is 0.554. The van der Waals surface area contributed by atoms with Crippen LogP contribution in [0, 0.1) is 11.7 Å². The molecule has 0 radical (unpaired) electrons. The van der Waals surface area contributed by atoms with E-state index in [0.29, 0.717) is 21.2 Å². The molecule has 23 heavy (non-hydrogen) atoms. The largest absolute Gasteiger partial charge is 0.507 e. The van der Waals surface area contributed by atoms with Gasteiger partial charge in [-0.3, -0.25) is 0 Å². The maximum absolute atomic E-state index is 9.84. The van der Waals surface area contributed by atoms with Gasteiger partial charge in [-0.25, -0.2) is 5.10 Å². The molecule has 3 rings (SSSR count). The van der Waals surface area contributed by atoms with Gasteiger partial charge in [-0.1, -0.05) is 41.4 Å². The third kappa shape index (κ3) is 3.33. The molecule has 3 aromatic rings. The molecule has 5 nitrogen and oxygen atoms in total. The van der Waals surface area contributed by atoms with Gasteiger partial charge in [0.2, 0.25) is 4.77 Å². The predicted octanol–water partition coefficient (Wildman–Crippen LogP) is 4.16. The van der Waals surface area contributed by atoms with E-state index in [9.17, 15) is 5.11 Å². The Morgan fingerprint density at radius 3 is 2.74 bits per heavy atom. The highest BCUT2D eigenvalue weighted by Crippen LogP contribution is 2.21. The lowest BCUT2D eigenvalue weighted by molar-refractivity contribution is 0.474. The van der Waals surface area contributed by atoms with Gasteiger partial charge in [0.1, 0.15) is 5.75 Å². The summed E-state index contributed by atoms with van der Waals surface area (Å²) in [4.78, 5) is 0. The summed E-state index contributed by atoms with van der Waals surface area (Å²) in [5, 5.41) is 21.6. The smallest absolute Gasteiger partial charge is 0.216 e. The third-order valence-electron chi connectivity index (χ3n) is 3.26. The number of nitrogens with zero attached hydrogens (tertiary/aromatic N) is 3. The maximum atomic E-state index is 9.84. The van der Waals surface area contributed by atoms with E-state index in [1.54, 1.807) is 12.1 Å². The van der Waals surface area contributed by atoms with Crippen LogP contribution < -0.4 is 0 Å². The fraction of sp³-hybridized carbons (Fsp3) is 0.0625. The predicted molar refractivity (Wildman–Crippen MR) is 93.7 cm³/mol. The molecule has 0 bridgehead atoms. The van der Waals surface area contributed by atoms with E-state index in [2.05, 4.69) is 15.3 Å². The number of benzene rings is 2. The molecule has 0 aliphatic heterocycles. The Morgan fingerprint density at radius 2 is 2.00 bits per heavy atom. The van der Waals surface area contributed by atoms with Gasteiger partial charge in [-0.05, 0) is 37.3 Å². The number of H-pyrrole nitrogens is 1. The van der Waals surface area contributed by atoms with Gasteiger partial charge in [0, 0.05) is 16.1 Å². The van der Waals surface area contributed by atoms with E-state index in [4.69, 9.17) is 23.8 Å². The monoisotopic (exact) mass is 344 g/mol. The Bertz CT molecular complexity index is 928. The Labute approximate surface area is 142 Å². The fourth-order valence-corrected chi connectivity index (χ4v) is 2.40. The highest BCUT2D eigenvalue weighted by molar-refractivity contribution is 7.71.